The number of hydrogen-bond acceptors (Lipinski definition) is 6. The van der Waals surface area contributed by atoms with E-state index < -0.39 is 0 Å². The number of ether oxygens (including phenoxy) is 3. The van der Waals surface area contributed by atoms with E-state index in [1.54, 1.807) is 13.3 Å². The first kappa shape index (κ1) is 14.5. The van der Waals surface area contributed by atoms with Gasteiger partial charge in [0, 0.05) is 39.8 Å². The molecule has 0 aromatic carbocycles. The number of imidazole rings is 1. The second-order valence-corrected chi connectivity index (χ2v) is 4.15. The van der Waals surface area contributed by atoms with Crippen LogP contribution in [0.15, 0.2) is 18.6 Å². The number of nitrogens with one attached hydrogen (secondary N) is 1. The van der Waals surface area contributed by atoms with E-state index in [1.165, 1.54) is 0 Å². The Labute approximate surface area is 117 Å². The average Bonchev–Trinajstić information content (AvgIpc) is 2.94. The standard InChI is InChI=1S/C13H20N4O3/c1-14-11-10-17-5-4-15-12(17)13(16-11)20-9-8-19-7-3-6-18-2/h4-5,10,14H,3,6-9H2,1-2H3. The molecule has 2 heterocycles. The Hall–Kier alpha value is -1.86. The maximum atomic E-state index is 5.64. The summed E-state index contributed by atoms with van der Waals surface area (Å²) < 4.78 is 17.9. The first-order valence-electron chi connectivity index (χ1n) is 6.56. The molecule has 2 aromatic heterocycles. The molecule has 0 bridgehead atoms. The van der Waals surface area contributed by atoms with E-state index in [1.807, 2.05) is 23.8 Å². The number of hydrogen-bond donors (Lipinski definition) is 1. The van der Waals surface area contributed by atoms with Gasteiger partial charge in [0.15, 0.2) is 0 Å². The van der Waals surface area contributed by atoms with Crippen molar-refractivity contribution in [1.82, 2.24) is 14.4 Å². The van der Waals surface area contributed by atoms with Gasteiger partial charge in [0.2, 0.25) is 5.65 Å². The Morgan fingerprint density at radius 2 is 2.15 bits per heavy atom. The van der Waals surface area contributed by atoms with Crippen molar-refractivity contribution >= 4 is 11.5 Å². The van der Waals surface area contributed by atoms with Crippen molar-refractivity contribution in [2.24, 2.45) is 0 Å². The van der Waals surface area contributed by atoms with Crippen LogP contribution in [0, 0.1) is 0 Å². The summed E-state index contributed by atoms with van der Waals surface area (Å²) in [5.41, 5.74) is 0.698. The van der Waals surface area contributed by atoms with Gasteiger partial charge in [0.05, 0.1) is 12.8 Å². The van der Waals surface area contributed by atoms with E-state index in [4.69, 9.17) is 14.2 Å². The Kier molecular flexibility index (Phi) is 5.57. The van der Waals surface area contributed by atoms with E-state index in [0.29, 0.717) is 38.0 Å². The highest BCUT2D eigenvalue weighted by Crippen LogP contribution is 2.18. The highest BCUT2D eigenvalue weighted by atomic mass is 16.5. The molecule has 0 fully saturated rings. The van der Waals surface area contributed by atoms with Gasteiger partial charge in [-0.3, -0.25) is 4.40 Å². The summed E-state index contributed by atoms with van der Waals surface area (Å²) in [4.78, 5) is 8.57. The summed E-state index contributed by atoms with van der Waals surface area (Å²) in [6.45, 7) is 2.33. The summed E-state index contributed by atoms with van der Waals surface area (Å²) >= 11 is 0. The van der Waals surface area contributed by atoms with E-state index in [0.717, 1.165) is 12.2 Å². The van der Waals surface area contributed by atoms with E-state index >= 15 is 0 Å². The van der Waals surface area contributed by atoms with Crippen LogP contribution in [0.25, 0.3) is 5.65 Å². The van der Waals surface area contributed by atoms with Crippen LogP contribution in [-0.2, 0) is 9.47 Å². The van der Waals surface area contributed by atoms with Gasteiger partial charge < -0.3 is 19.5 Å². The number of anilines is 1. The average molecular weight is 280 g/mol. The normalized spacial score (nSPS) is 10.9. The van der Waals surface area contributed by atoms with Gasteiger partial charge in [-0.2, -0.15) is 4.98 Å². The van der Waals surface area contributed by atoms with Crippen molar-refractivity contribution in [3.63, 3.8) is 0 Å². The van der Waals surface area contributed by atoms with Crippen LogP contribution < -0.4 is 10.1 Å². The van der Waals surface area contributed by atoms with Gasteiger partial charge in [0.1, 0.15) is 12.4 Å². The molecule has 0 radical (unpaired) electrons. The Morgan fingerprint density at radius 1 is 1.25 bits per heavy atom. The molecule has 110 valence electrons. The van der Waals surface area contributed by atoms with Crippen molar-refractivity contribution in [3.05, 3.63) is 18.6 Å². The maximum absolute atomic E-state index is 5.64. The molecule has 20 heavy (non-hydrogen) atoms. The molecule has 0 amide bonds. The fourth-order valence-corrected chi connectivity index (χ4v) is 1.72. The molecular formula is C13H20N4O3. The summed E-state index contributed by atoms with van der Waals surface area (Å²) in [5, 5.41) is 2.99. The zero-order chi connectivity index (χ0) is 14.2. The first-order chi connectivity index (χ1) is 9.85. The van der Waals surface area contributed by atoms with Crippen molar-refractivity contribution in [2.75, 3.05) is 45.9 Å². The lowest BCUT2D eigenvalue weighted by molar-refractivity contribution is 0.0798. The third-order valence-electron chi connectivity index (χ3n) is 2.70. The SMILES string of the molecule is CNc1cn2ccnc2c(OCCOCCCOC)n1. The van der Waals surface area contributed by atoms with Gasteiger partial charge in [0.25, 0.3) is 5.88 Å². The van der Waals surface area contributed by atoms with E-state index in [-0.39, 0.29) is 0 Å². The van der Waals surface area contributed by atoms with Gasteiger partial charge >= 0.3 is 0 Å². The topological polar surface area (TPSA) is 69.9 Å². The summed E-state index contributed by atoms with van der Waals surface area (Å²) in [6.07, 6.45) is 6.31. The minimum Gasteiger partial charge on any atom is -0.473 e. The number of nitrogens with zero attached hydrogens (tertiary/aromatic N) is 3. The molecule has 1 N–H and O–H groups in total. The molecule has 7 nitrogen and oxygen atoms in total. The quantitative estimate of drug-likeness (QED) is 0.696. The molecule has 0 unspecified atom stereocenters. The molecule has 0 saturated carbocycles. The number of aromatic nitrogens is 3. The van der Waals surface area contributed by atoms with Crippen molar-refractivity contribution in [1.29, 1.82) is 0 Å². The summed E-state index contributed by atoms with van der Waals surface area (Å²) in [5.74, 6) is 1.23. The van der Waals surface area contributed by atoms with Crippen molar-refractivity contribution in [3.8, 4) is 5.88 Å². The van der Waals surface area contributed by atoms with Gasteiger partial charge in [-0.1, -0.05) is 0 Å². The van der Waals surface area contributed by atoms with Crippen molar-refractivity contribution in [2.45, 2.75) is 6.42 Å². The Morgan fingerprint density at radius 3 is 2.95 bits per heavy atom. The fourth-order valence-electron chi connectivity index (χ4n) is 1.72. The molecule has 0 spiro atoms. The molecule has 0 saturated heterocycles. The minimum atomic E-state index is 0.440. The van der Waals surface area contributed by atoms with E-state index in [2.05, 4.69) is 15.3 Å². The van der Waals surface area contributed by atoms with Gasteiger partial charge in [-0.15, -0.1) is 0 Å². The van der Waals surface area contributed by atoms with Gasteiger partial charge in [-0.05, 0) is 6.42 Å². The predicted octanol–water partition coefficient (Wildman–Crippen LogP) is 1.20. The van der Waals surface area contributed by atoms with Crippen LogP contribution in [0.3, 0.4) is 0 Å². The first-order valence-corrected chi connectivity index (χ1v) is 6.56. The number of fused-ring (bicyclic) bond motifs is 1. The van der Waals surface area contributed by atoms with Crippen LogP contribution in [0.4, 0.5) is 5.82 Å². The van der Waals surface area contributed by atoms with Gasteiger partial charge in [-0.25, -0.2) is 4.98 Å². The second kappa shape index (κ2) is 7.66. The zero-order valence-electron chi connectivity index (χ0n) is 11.8. The molecule has 0 aliphatic rings. The molecule has 0 atom stereocenters. The molecule has 7 heteroatoms. The Balaban J connectivity index is 1.84. The van der Waals surface area contributed by atoms with Crippen LogP contribution in [0.5, 0.6) is 5.88 Å². The third-order valence-corrected chi connectivity index (χ3v) is 2.70. The second-order valence-electron chi connectivity index (χ2n) is 4.15. The third kappa shape index (κ3) is 3.82. The van der Waals surface area contributed by atoms with Crippen molar-refractivity contribution < 1.29 is 14.2 Å². The van der Waals surface area contributed by atoms with Crippen LogP contribution >= 0.6 is 0 Å². The van der Waals surface area contributed by atoms with Crippen LogP contribution in [-0.4, -0.2) is 55.0 Å². The summed E-state index contributed by atoms with van der Waals surface area (Å²) in [6, 6.07) is 0. The molecular weight excluding hydrogens is 260 g/mol. The monoisotopic (exact) mass is 280 g/mol. The lowest BCUT2D eigenvalue weighted by Gasteiger charge is -2.09. The largest absolute Gasteiger partial charge is 0.473 e. The molecule has 0 aliphatic heterocycles. The molecule has 2 aromatic rings. The molecule has 2 rings (SSSR count). The van der Waals surface area contributed by atoms with Crippen LogP contribution in [0.1, 0.15) is 6.42 Å². The Bertz CT molecular complexity index is 529. The smallest absolute Gasteiger partial charge is 0.260 e. The lowest BCUT2D eigenvalue weighted by atomic mass is 10.5. The lowest BCUT2D eigenvalue weighted by Crippen LogP contribution is -2.10. The fraction of sp³-hybridized carbons (Fsp3) is 0.538. The highest BCUT2D eigenvalue weighted by molar-refractivity contribution is 5.53. The highest BCUT2D eigenvalue weighted by Gasteiger charge is 2.07. The summed E-state index contributed by atoms with van der Waals surface area (Å²) in [7, 11) is 3.49. The minimum absolute atomic E-state index is 0.440. The predicted molar refractivity (Wildman–Crippen MR) is 75.3 cm³/mol. The van der Waals surface area contributed by atoms with Crippen LogP contribution in [0.2, 0.25) is 0 Å². The zero-order valence-corrected chi connectivity index (χ0v) is 11.8. The maximum Gasteiger partial charge on any atom is 0.260 e. The number of rotatable bonds is 9. The molecule has 0 aliphatic carbocycles. The van der Waals surface area contributed by atoms with E-state index in [9.17, 15) is 0 Å². The number of methoxy groups -OCH3 is 1.